The van der Waals surface area contributed by atoms with Gasteiger partial charge in [-0.25, -0.2) is 14.4 Å². The van der Waals surface area contributed by atoms with Crippen LogP contribution < -0.4 is 15.4 Å². The average Bonchev–Trinajstić information content (AvgIpc) is 2.86. The number of carbonyl (C=O) groups is 3. The minimum absolute atomic E-state index is 0.0314. The van der Waals surface area contributed by atoms with Crippen LogP contribution in [0.15, 0.2) is 71.2 Å². The van der Waals surface area contributed by atoms with Crippen molar-refractivity contribution in [2.24, 2.45) is 5.73 Å². The number of nitrogens with zero attached hydrogens (tertiary/aromatic N) is 2. The number of methoxy groups -OCH3 is 3. The Hall–Kier alpha value is -4.78. The predicted molar refractivity (Wildman–Crippen MR) is 119 cm³/mol. The van der Waals surface area contributed by atoms with Crippen LogP contribution >= 0.6 is 0 Å². The van der Waals surface area contributed by atoms with Gasteiger partial charge in [0.1, 0.15) is 23.0 Å². The van der Waals surface area contributed by atoms with Crippen LogP contribution in [0.25, 0.3) is 0 Å². The number of anilines is 1. The van der Waals surface area contributed by atoms with Crippen LogP contribution in [0.4, 0.5) is 5.69 Å². The van der Waals surface area contributed by atoms with E-state index in [-0.39, 0.29) is 34.0 Å². The molecule has 2 aromatic carbocycles. The summed E-state index contributed by atoms with van der Waals surface area (Å²) in [5, 5.41) is 19.9. The molecule has 1 aliphatic heterocycles. The number of hydrogen-bond donors (Lipinski definition) is 2. The zero-order valence-electron chi connectivity index (χ0n) is 18.6. The second kappa shape index (κ2) is 9.79. The first-order chi connectivity index (χ1) is 16.3. The van der Waals surface area contributed by atoms with Crippen molar-refractivity contribution < 1.29 is 33.7 Å². The summed E-state index contributed by atoms with van der Waals surface area (Å²) in [6.45, 7) is 0. The molecule has 0 amide bonds. The molecule has 1 heterocycles. The lowest BCUT2D eigenvalue weighted by atomic mass is 9.80. The van der Waals surface area contributed by atoms with Gasteiger partial charge in [-0.1, -0.05) is 36.4 Å². The van der Waals surface area contributed by atoms with Crippen LogP contribution in [0.2, 0.25) is 0 Å². The van der Waals surface area contributed by atoms with Gasteiger partial charge < -0.3 is 25.1 Å². The molecule has 0 fully saturated rings. The Bertz CT molecular complexity index is 1260. The molecule has 0 saturated heterocycles. The van der Waals surface area contributed by atoms with E-state index in [1.54, 1.807) is 30.3 Å². The molecular formula is C24H21N3O7. The lowest BCUT2D eigenvalue weighted by Gasteiger charge is -2.36. The first-order valence-electron chi connectivity index (χ1n) is 9.88. The third-order valence-corrected chi connectivity index (χ3v) is 5.28. The van der Waals surface area contributed by atoms with Crippen molar-refractivity contribution in [2.75, 3.05) is 26.2 Å². The van der Waals surface area contributed by atoms with E-state index in [4.69, 9.17) is 19.9 Å². The molecule has 3 N–H and O–H groups in total. The van der Waals surface area contributed by atoms with Crippen molar-refractivity contribution in [3.63, 3.8) is 0 Å². The summed E-state index contributed by atoms with van der Waals surface area (Å²) in [5.41, 5.74) is 5.72. The number of allylic oxidation sites excluding steroid dienone is 1. The van der Waals surface area contributed by atoms with Crippen LogP contribution in [-0.2, 0) is 19.1 Å². The third-order valence-electron chi connectivity index (χ3n) is 5.28. The van der Waals surface area contributed by atoms with E-state index in [0.717, 1.165) is 19.1 Å². The maximum absolute atomic E-state index is 13.1. The molecule has 2 aromatic rings. The minimum atomic E-state index is -1.35. The van der Waals surface area contributed by atoms with E-state index in [9.17, 15) is 24.8 Å². The number of carboxylic acids is 1. The van der Waals surface area contributed by atoms with Crippen LogP contribution in [0, 0.1) is 11.3 Å². The van der Waals surface area contributed by atoms with Crippen LogP contribution in [0.5, 0.6) is 5.75 Å². The van der Waals surface area contributed by atoms with E-state index in [2.05, 4.69) is 0 Å². The summed E-state index contributed by atoms with van der Waals surface area (Å²) >= 11 is 0. The first kappa shape index (κ1) is 23.9. The van der Waals surface area contributed by atoms with Crippen molar-refractivity contribution in [2.45, 2.75) is 5.92 Å². The zero-order chi connectivity index (χ0) is 25.0. The fraction of sp³-hybridized carbons (Fsp3) is 0.167. The molecule has 174 valence electrons. The summed E-state index contributed by atoms with van der Waals surface area (Å²) in [6.07, 6.45) is 0. The van der Waals surface area contributed by atoms with Gasteiger partial charge >= 0.3 is 17.9 Å². The minimum Gasteiger partial charge on any atom is -0.495 e. The number of aromatic carboxylic acids is 1. The fourth-order valence-electron chi connectivity index (χ4n) is 3.84. The van der Waals surface area contributed by atoms with E-state index in [1.807, 2.05) is 6.07 Å². The van der Waals surface area contributed by atoms with Crippen molar-refractivity contribution in [3.05, 3.63) is 82.3 Å². The zero-order valence-corrected chi connectivity index (χ0v) is 18.6. The molecule has 10 heteroatoms. The van der Waals surface area contributed by atoms with E-state index in [1.165, 1.54) is 25.3 Å². The number of hydrogen-bond acceptors (Lipinski definition) is 9. The number of para-hydroxylation sites is 1. The number of rotatable bonds is 6. The number of carboxylic acid groups (broad SMARTS) is 1. The van der Waals surface area contributed by atoms with Gasteiger partial charge in [-0.15, -0.1) is 0 Å². The monoisotopic (exact) mass is 463 g/mol. The Kier molecular flexibility index (Phi) is 6.87. The molecule has 0 spiro atoms. The molecule has 0 aliphatic carbocycles. The van der Waals surface area contributed by atoms with Gasteiger partial charge in [-0.05, 0) is 17.7 Å². The van der Waals surface area contributed by atoms with Crippen molar-refractivity contribution >= 4 is 23.6 Å². The summed E-state index contributed by atoms with van der Waals surface area (Å²) in [6, 6.07) is 14.6. The van der Waals surface area contributed by atoms with Gasteiger partial charge in [-0.3, -0.25) is 4.90 Å². The standard InChI is InChI=1S/C24H21N3O7/c1-32-16-11-7-10-14(22(28)29)19(16)27-20(24(31)34-3)18(23(30)33-2)17(15(12-25)21(27)26)13-8-5-4-6-9-13/h4-11,17H,26H2,1-3H3,(H,28,29). The normalized spacial score (nSPS) is 15.5. The number of ether oxygens (including phenoxy) is 3. The van der Waals surface area contributed by atoms with Crippen LogP contribution in [-0.4, -0.2) is 44.3 Å². The maximum Gasteiger partial charge on any atom is 0.355 e. The maximum atomic E-state index is 13.1. The van der Waals surface area contributed by atoms with Gasteiger partial charge in [0.2, 0.25) is 0 Å². The lowest BCUT2D eigenvalue weighted by Crippen LogP contribution is -2.41. The van der Waals surface area contributed by atoms with Crippen LogP contribution in [0.1, 0.15) is 21.8 Å². The van der Waals surface area contributed by atoms with Gasteiger partial charge in [0.15, 0.2) is 0 Å². The summed E-state index contributed by atoms with van der Waals surface area (Å²) in [7, 11) is 3.52. The summed E-state index contributed by atoms with van der Waals surface area (Å²) in [4.78, 5) is 39.2. The smallest absolute Gasteiger partial charge is 0.355 e. The molecule has 0 saturated carbocycles. The average molecular weight is 463 g/mol. The Balaban J connectivity index is 2.53. The highest BCUT2D eigenvalue weighted by molar-refractivity contribution is 6.08. The van der Waals surface area contributed by atoms with Gasteiger partial charge in [0.25, 0.3) is 0 Å². The Morgan fingerprint density at radius 3 is 2.18 bits per heavy atom. The highest BCUT2D eigenvalue weighted by Gasteiger charge is 2.44. The number of nitrogens with two attached hydrogens (primary N) is 1. The van der Waals surface area contributed by atoms with Crippen molar-refractivity contribution in [3.8, 4) is 11.8 Å². The third kappa shape index (κ3) is 3.91. The van der Waals surface area contributed by atoms with Crippen molar-refractivity contribution in [1.29, 1.82) is 5.26 Å². The molecule has 34 heavy (non-hydrogen) atoms. The van der Waals surface area contributed by atoms with Gasteiger partial charge in [-0.2, -0.15) is 5.26 Å². The molecule has 3 rings (SSSR count). The molecule has 10 nitrogen and oxygen atoms in total. The lowest BCUT2D eigenvalue weighted by molar-refractivity contribution is -0.139. The Labute approximate surface area is 195 Å². The fourth-order valence-corrected chi connectivity index (χ4v) is 3.84. The quantitative estimate of drug-likeness (QED) is 0.610. The molecule has 0 radical (unpaired) electrons. The molecule has 1 aliphatic rings. The number of benzene rings is 2. The van der Waals surface area contributed by atoms with Gasteiger partial charge in [0, 0.05) is 0 Å². The number of esters is 2. The molecule has 1 atom stereocenters. The molecule has 0 bridgehead atoms. The topological polar surface area (TPSA) is 152 Å². The SMILES string of the molecule is COC(=O)C1=C(C(=O)OC)N(c2c(OC)cccc2C(=O)O)C(N)=C(C#N)C1c1ccccc1. The van der Waals surface area contributed by atoms with Crippen molar-refractivity contribution in [1.82, 2.24) is 0 Å². The predicted octanol–water partition coefficient (Wildman–Crippen LogP) is 2.29. The van der Waals surface area contributed by atoms with E-state index in [0.29, 0.717) is 5.56 Å². The van der Waals surface area contributed by atoms with Gasteiger partial charge in [0.05, 0.1) is 50.0 Å². The molecular weight excluding hydrogens is 442 g/mol. The van der Waals surface area contributed by atoms with E-state index < -0.39 is 29.5 Å². The first-order valence-corrected chi connectivity index (χ1v) is 9.88. The Morgan fingerprint density at radius 1 is 1.00 bits per heavy atom. The molecule has 0 aromatic heterocycles. The highest BCUT2D eigenvalue weighted by Crippen LogP contribution is 2.46. The highest BCUT2D eigenvalue weighted by atomic mass is 16.5. The van der Waals surface area contributed by atoms with Crippen LogP contribution in [0.3, 0.4) is 0 Å². The summed E-state index contributed by atoms with van der Waals surface area (Å²) in [5.74, 6) is -4.59. The second-order valence-electron chi connectivity index (χ2n) is 7.00. The molecule has 1 unspecified atom stereocenters. The number of carbonyl (C=O) groups excluding carboxylic acids is 2. The number of nitriles is 1. The second-order valence-corrected chi connectivity index (χ2v) is 7.00. The van der Waals surface area contributed by atoms with E-state index >= 15 is 0 Å². The largest absolute Gasteiger partial charge is 0.495 e. The summed E-state index contributed by atoms with van der Waals surface area (Å²) < 4.78 is 15.3. The Morgan fingerprint density at radius 2 is 1.65 bits per heavy atom.